The van der Waals surface area contributed by atoms with E-state index in [0.29, 0.717) is 0 Å². The Kier molecular flexibility index (Phi) is 14.4. The summed E-state index contributed by atoms with van der Waals surface area (Å²) in [6.45, 7) is 8.99. The molecule has 0 fully saturated rings. The van der Waals surface area contributed by atoms with Crippen molar-refractivity contribution in [2.45, 2.75) is 116 Å². The zero-order chi connectivity index (χ0) is 19.8. The lowest BCUT2D eigenvalue weighted by Gasteiger charge is -2.26. The number of nitrogens with two attached hydrogens (primary N) is 1. The van der Waals surface area contributed by atoms with Gasteiger partial charge >= 0.3 is 0 Å². The van der Waals surface area contributed by atoms with Crippen molar-refractivity contribution in [1.29, 1.82) is 10.8 Å². The molecule has 0 aliphatic heterocycles. The summed E-state index contributed by atoms with van der Waals surface area (Å²) in [4.78, 5) is 0. The fraction of sp³-hybridized carbons (Fsp3) is 0.905. The van der Waals surface area contributed by atoms with Crippen LogP contribution in [0.25, 0.3) is 0 Å². The van der Waals surface area contributed by atoms with Gasteiger partial charge in [0.2, 0.25) is 0 Å². The maximum Gasteiger partial charge on any atom is 0.120 e. The molecular weight excluding hydrogens is 322 g/mol. The predicted molar refractivity (Wildman–Crippen MR) is 115 cm³/mol. The van der Waals surface area contributed by atoms with Crippen LogP contribution in [0.1, 0.15) is 105 Å². The highest BCUT2D eigenvalue weighted by atomic mass is 15.1. The minimum Gasteiger partial charge on any atom is -0.372 e. The van der Waals surface area contributed by atoms with Gasteiger partial charge in [-0.15, -0.1) is 0 Å². The molecule has 0 aliphatic rings. The topological polar surface area (TPSA) is 97.8 Å². The summed E-state index contributed by atoms with van der Waals surface area (Å²) in [7, 11) is 0. The highest BCUT2D eigenvalue weighted by Crippen LogP contribution is 2.11. The van der Waals surface area contributed by atoms with Gasteiger partial charge in [0.15, 0.2) is 0 Å². The van der Waals surface area contributed by atoms with Crippen molar-refractivity contribution in [3.05, 3.63) is 0 Å². The van der Waals surface area contributed by atoms with E-state index in [1.807, 2.05) is 20.8 Å². The van der Waals surface area contributed by atoms with Crippen molar-refractivity contribution in [2.24, 2.45) is 5.73 Å². The van der Waals surface area contributed by atoms with Gasteiger partial charge in [0.25, 0.3) is 0 Å². The van der Waals surface area contributed by atoms with Gasteiger partial charge in [-0.2, -0.15) is 0 Å². The number of unbranched alkanes of at least 4 members (excludes halogenated alkanes) is 11. The minimum atomic E-state index is -0.688. The van der Waals surface area contributed by atoms with Gasteiger partial charge in [0.1, 0.15) is 17.7 Å². The number of rotatable bonds is 15. The van der Waals surface area contributed by atoms with E-state index >= 15 is 0 Å². The first-order valence-corrected chi connectivity index (χ1v) is 10.7. The molecule has 6 N–H and O–H groups in total. The molecule has 154 valence electrons. The molecule has 0 aliphatic carbocycles. The molecule has 1 unspecified atom stereocenters. The van der Waals surface area contributed by atoms with Crippen LogP contribution in [0, 0.1) is 10.8 Å². The minimum absolute atomic E-state index is 0.199. The third kappa shape index (κ3) is 15.2. The summed E-state index contributed by atoms with van der Waals surface area (Å²) in [5, 5.41) is 22.0. The molecule has 0 bridgehead atoms. The Labute approximate surface area is 162 Å². The number of nitrogens with one attached hydrogen (secondary N) is 4. The molecule has 0 saturated heterocycles. The molecule has 0 heterocycles. The average molecular weight is 368 g/mol. The lowest BCUT2D eigenvalue weighted by molar-refractivity contribution is 0.504. The Hall–Kier alpha value is -1.10. The van der Waals surface area contributed by atoms with Crippen LogP contribution in [0.15, 0.2) is 0 Å². The van der Waals surface area contributed by atoms with Crippen molar-refractivity contribution in [1.82, 2.24) is 10.6 Å². The van der Waals surface area contributed by atoms with Crippen molar-refractivity contribution in [2.75, 3.05) is 6.54 Å². The summed E-state index contributed by atoms with van der Waals surface area (Å²) in [6, 6.07) is -0.688. The molecule has 0 aromatic carbocycles. The van der Waals surface area contributed by atoms with Crippen molar-refractivity contribution in [3.8, 4) is 0 Å². The second-order valence-electron chi connectivity index (χ2n) is 8.50. The van der Waals surface area contributed by atoms with Crippen LogP contribution >= 0.6 is 0 Å². The zero-order valence-corrected chi connectivity index (χ0v) is 17.8. The third-order valence-electron chi connectivity index (χ3n) is 4.48. The molecular formula is C21H45N5. The Morgan fingerprint density at radius 2 is 1.19 bits per heavy atom. The Morgan fingerprint density at radius 1 is 0.769 bits per heavy atom. The normalized spacial score (nSPS) is 12.7. The zero-order valence-electron chi connectivity index (χ0n) is 17.8. The molecule has 26 heavy (non-hydrogen) atoms. The van der Waals surface area contributed by atoms with Crippen molar-refractivity contribution >= 4 is 11.7 Å². The van der Waals surface area contributed by atoms with Gasteiger partial charge in [0, 0.05) is 12.1 Å². The quantitative estimate of drug-likeness (QED) is 0.161. The standard InChI is InChI=1S/C21H45N5/c1-5-6-7-8-9-10-11-12-13-14-15-16-17-25-19(23)18(22)20(24)26-21(2,3)4/h18H,5-17,22H2,1-4H3,(H2,23,25)(H2,24,26). The second-order valence-corrected chi connectivity index (χ2v) is 8.50. The van der Waals surface area contributed by atoms with Gasteiger partial charge in [-0.25, -0.2) is 0 Å². The molecule has 0 aromatic rings. The van der Waals surface area contributed by atoms with E-state index in [4.69, 9.17) is 16.6 Å². The Balaban J connectivity index is 3.49. The van der Waals surface area contributed by atoms with Crippen LogP contribution in [0.3, 0.4) is 0 Å². The summed E-state index contributed by atoms with van der Waals surface area (Å²) < 4.78 is 0. The first-order chi connectivity index (χ1) is 12.3. The first kappa shape index (κ1) is 24.9. The first-order valence-electron chi connectivity index (χ1n) is 10.7. The van der Waals surface area contributed by atoms with Crippen molar-refractivity contribution in [3.63, 3.8) is 0 Å². The van der Waals surface area contributed by atoms with Crippen LogP contribution in [0.2, 0.25) is 0 Å². The Morgan fingerprint density at radius 3 is 1.62 bits per heavy atom. The maximum atomic E-state index is 7.97. The molecule has 0 radical (unpaired) electrons. The fourth-order valence-electron chi connectivity index (χ4n) is 2.93. The predicted octanol–water partition coefficient (Wildman–Crippen LogP) is 4.95. The number of amidine groups is 2. The molecule has 0 aromatic heterocycles. The lowest BCUT2D eigenvalue weighted by Crippen LogP contribution is -2.54. The second kappa shape index (κ2) is 15.0. The van der Waals surface area contributed by atoms with E-state index in [2.05, 4.69) is 17.6 Å². The highest BCUT2D eigenvalue weighted by molar-refractivity contribution is 6.06. The van der Waals surface area contributed by atoms with E-state index in [1.165, 1.54) is 70.6 Å². The van der Waals surface area contributed by atoms with Crippen LogP contribution in [0.5, 0.6) is 0 Å². The molecule has 5 heteroatoms. The molecule has 1 atom stereocenters. The summed E-state index contributed by atoms with van der Waals surface area (Å²) in [5.74, 6) is 0.430. The smallest absolute Gasteiger partial charge is 0.120 e. The van der Waals surface area contributed by atoms with Gasteiger partial charge in [-0.1, -0.05) is 77.6 Å². The molecule has 5 nitrogen and oxygen atoms in total. The monoisotopic (exact) mass is 367 g/mol. The molecule has 0 rings (SSSR count). The number of hydrogen-bond donors (Lipinski definition) is 5. The molecule has 0 spiro atoms. The largest absolute Gasteiger partial charge is 0.372 e. The Bertz CT molecular complexity index is 373. The number of hydrogen-bond acceptors (Lipinski definition) is 3. The van der Waals surface area contributed by atoms with Crippen LogP contribution < -0.4 is 16.4 Å². The van der Waals surface area contributed by atoms with Gasteiger partial charge in [-0.3, -0.25) is 10.8 Å². The fourth-order valence-corrected chi connectivity index (χ4v) is 2.93. The summed E-state index contributed by atoms with van der Waals surface area (Å²) in [5.41, 5.74) is 5.74. The molecule has 0 amide bonds. The third-order valence-corrected chi connectivity index (χ3v) is 4.48. The summed E-state index contributed by atoms with van der Waals surface area (Å²) >= 11 is 0. The SMILES string of the molecule is CCCCCCCCCCCCCCNC(=N)C(N)C(=N)NC(C)(C)C. The summed E-state index contributed by atoms with van der Waals surface area (Å²) in [6.07, 6.45) is 16.0. The van der Waals surface area contributed by atoms with E-state index < -0.39 is 6.04 Å². The van der Waals surface area contributed by atoms with E-state index in [9.17, 15) is 0 Å². The lowest BCUT2D eigenvalue weighted by atomic mass is 10.1. The maximum absolute atomic E-state index is 7.97. The highest BCUT2D eigenvalue weighted by Gasteiger charge is 2.19. The van der Waals surface area contributed by atoms with Crippen molar-refractivity contribution < 1.29 is 0 Å². The van der Waals surface area contributed by atoms with Gasteiger partial charge < -0.3 is 16.4 Å². The van der Waals surface area contributed by atoms with Gasteiger partial charge in [0.05, 0.1) is 0 Å². The van der Waals surface area contributed by atoms with Gasteiger partial charge in [-0.05, 0) is 27.2 Å². The van der Waals surface area contributed by atoms with E-state index in [0.717, 1.165) is 13.0 Å². The van der Waals surface area contributed by atoms with Crippen LogP contribution in [-0.4, -0.2) is 29.8 Å². The van der Waals surface area contributed by atoms with Crippen LogP contribution in [0.4, 0.5) is 0 Å². The van der Waals surface area contributed by atoms with Crippen LogP contribution in [-0.2, 0) is 0 Å². The molecule has 0 saturated carbocycles. The average Bonchev–Trinajstić information content (AvgIpc) is 2.56. The van der Waals surface area contributed by atoms with E-state index in [1.54, 1.807) is 0 Å². The van der Waals surface area contributed by atoms with E-state index in [-0.39, 0.29) is 17.2 Å².